The Labute approximate surface area is 112 Å². The number of hydrogen-bond donors (Lipinski definition) is 1. The highest BCUT2D eigenvalue weighted by Crippen LogP contribution is 2.12. The molecule has 0 aliphatic carbocycles. The minimum Gasteiger partial charge on any atom is -0.389 e. The van der Waals surface area contributed by atoms with Gasteiger partial charge < -0.3 is 15.2 Å². The third kappa shape index (κ3) is 4.68. The monoisotopic (exact) mass is 271 g/mol. The summed E-state index contributed by atoms with van der Waals surface area (Å²) in [5.41, 5.74) is 6.43. The van der Waals surface area contributed by atoms with E-state index < -0.39 is 0 Å². The average Bonchev–Trinajstić information content (AvgIpc) is 2.34. The van der Waals surface area contributed by atoms with E-state index in [-0.39, 0.29) is 23.5 Å². The summed E-state index contributed by atoms with van der Waals surface area (Å²) < 4.78 is 24.4. The van der Waals surface area contributed by atoms with Crippen LogP contribution in [-0.4, -0.2) is 24.3 Å². The fraction of sp³-hybridized carbons (Fsp3) is 0.462. The van der Waals surface area contributed by atoms with Crippen LogP contribution in [0.5, 0.6) is 0 Å². The molecule has 1 atom stereocenters. The van der Waals surface area contributed by atoms with Crippen LogP contribution >= 0.6 is 12.2 Å². The van der Waals surface area contributed by atoms with Crippen molar-refractivity contribution < 1.29 is 13.9 Å². The summed E-state index contributed by atoms with van der Waals surface area (Å²) in [5, 5.41) is 0. The third-order valence-electron chi connectivity index (χ3n) is 2.42. The van der Waals surface area contributed by atoms with Gasteiger partial charge in [0, 0.05) is 17.7 Å². The maximum absolute atomic E-state index is 13.7. The number of benzene rings is 1. The van der Waals surface area contributed by atoms with Crippen molar-refractivity contribution in [3.05, 3.63) is 35.1 Å². The summed E-state index contributed by atoms with van der Waals surface area (Å²) in [7, 11) is 0. The van der Waals surface area contributed by atoms with Gasteiger partial charge in [-0.05, 0) is 19.9 Å². The number of hydrogen-bond acceptors (Lipinski definition) is 3. The lowest BCUT2D eigenvalue weighted by Gasteiger charge is -2.13. The minimum atomic E-state index is -0.357. The Morgan fingerprint density at radius 3 is 2.78 bits per heavy atom. The number of ether oxygens (including phenoxy) is 2. The molecule has 0 saturated carbocycles. The molecule has 0 amide bonds. The SMILES string of the molecule is CCOCC(C)OCc1ccc(C(N)=S)cc1F. The molecule has 0 heterocycles. The van der Waals surface area contributed by atoms with Crippen LogP contribution in [0.2, 0.25) is 0 Å². The summed E-state index contributed by atoms with van der Waals surface area (Å²) in [6.07, 6.45) is -0.0698. The van der Waals surface area contributed by atoms with Gasteiger partial charge in [-0.25, -0.2) is 4.39 Å². The second-order valence-corrected chi connectivity index (χ2v) is 4.39. The minimum absolute atomic E-state index is 0.0698. The van der Waals surface area contributed by atoms with Gasteiger partial charge in [-0.2, -0.15) is 0 Å². The molecule has 0 fully saturated rings. The van der Waals surface area contributed by atoms with Crippen molar-refractivity contribution in [3.8, 4) is 0 Å². The van der Waals surface area contributed by atoms with Crippen molar-refractivity contribution >= 4 is 17.2 Å². The molecule has 1 aromatic carbocycles. The van der Waals surface area contributed by atoms with Gasteiger partial charge in [-0.15, -0.1) is 0 Å². The van der Waals surface area contributed by atoms with E-state index in [0.29, 0.717) is 24.3 Å². The fourth-order valence-electron chi connectivity index (χ4n) is 1.38. The molecule has 18 heavy (non-hydrogen) atoms. The Balaban J connectivity index is 2.55. The van der Waals surface area contributed by atoms with Crippen LogP contribution in [0.25, 0.3) is 0 Å². The highest BCUT2D eigenvalue weighted by atomic mass is 32.1. The van der Waals surface area contributed by atoms with Crippen molar-refractivity contribution in [1.29, 1.82) is 0 Å². The molecule has 5 heteroatoms. The molecule has 0 aliphatic rings. The Kier molecular flexibility index (Phi) is 6.18. The molecular formula is C13H18FNO2S. The predicted octanol–water partition coefficient (Wildman–Crippen LogP) is 2.40. The van der Waals surface area contributed by atoms with Crippen molar-refractivity contribution in [1.82, 2.24) is 0 Å². The van der Waals surface area contributed by atoms with E-state index in [2.05, 4.69) is 0 Å². The molecule has 0 bridgehead atoms. The molecule has 3 nitrogen and oxygen atoms in total. The summed E-state index contributed by atoms with van der Waals surface area (Å²) in [6, 6.07) is 4.66. The largest absolute Gasteiger partial charge is 0.389 e. The number of thiocarbonyl (C=S) groups is 1. The van der Waals surface area contributed by atoms with Gasteiger partial charge in [0.1, 0.15) is 10.8 Å². The molecule has 1 aromatic rings. The lowest BCUT2D eigenvalue weighted by molar-refractivity contribution is -0.0125. The van der Waals surface area contributed by atoms with Crippen molar-refractivity contribution in [2.45, 2.75) is 26.6 Å². The van der Waals surface area contributed by atoms with Crippen molar-refractivity contribution in [2.75, 3.05) is 13.2 Å². The molecular weight excluding hydrogens is 253 g/mol. The molecule has 2 N–H and O–H groups in total. The van der Waals surface area contributed by atoms with Gasteiger partial charge in [0.15, 0.2) is 0 Å². The van der Waals surface area contributed by atoms with Gasteiger partial charge in [0.25, 0.3) is 0 Å². The molecule has 0 saturated heterocycles. The first-order chi connectivity index (χ1) is 8.54. The lowest BCUT2D eigenvalue weighted by Crippen LogP contribution is -2.16. The second kappa shape index (κ2) is 7.41. The lowest BCUT2D eigenvalue weighted by atomic mass is 10.1. The first kappa shape index (κ1) is 15.0. The van der Waals surface area contributed by atoms with E-state index in [0.717, 1.165) is 0 Å². The van der Waals surface area contributed by atoms with Crippen LogP contribution < -0.4 is 5.73 Å². The first-order valence-electron chi connectivity index (χ1n) is 5.82. The summed E-state index contributed by atoms with van der Waals surface area (Å²) in [6.45, 7) is 5.16. The zero-order chi connectivity index (χ0) is 13.5. The van der Waals surface area contributed by atoms with E-state index in [9.17, 15) is 4.39 Å². The van der Waals surface area contributed by atoms with E-state index in [1.54, 1.807) is 12.1 Å². The molecule has 1 unspecified atom stereocenters. The summed E-state index contributed by atoms with van der Waals surface area (Å²) >= 11 is 4.78. The van der Waals surface area contributed by atoms with E-state index in [1.807, 2.05) is 13.8 Å². The molecule has 0 aliphatic heterocycles. The highest BCUT2D eigenvalue weighted by Gasteiger charge is 2.08. The summed E-state index contributed by atoms with van der Waals surface area (Å²) in [5.74, 6) is -0.357. The Morgan fingerprint density at radius 2 is 2.22 bits per heavy atom. The van der Waals surface area contributed by atoms with Gasteiger partial charge in [0.2, 0.25) is 0 Å². The van der Waals surface area contributed by atoms with Gasteiger partial charge in [-0.3, -0.25) is 0 Å². The molecule has 100 valence electrons. The van der Waals surface area contributed by atoms with Gasteiger partial charge in [-0.1, -0.05) is 24.4 Å². The van der Waals surface area contributed by atoms with Crippen LogP contribution in [0.15, 0.2) is 18.2 Å². The average molecular weight is 271 g/mol. The first-order valence-corrected chi connectivity index (χ1v) is 6.23. The van der Waals surface area contributed by atoms with Crippen LogP contribution in [0.1, 0.15) is 25.0 Å². The highest BCUT2D eigenvalue weighted by molar-refractivity contribution is 7.80. The van der Waals surface area contributed by atoms with Gasteiger partial charge in [0.05, 0.1) is 19.3 Å². The second-order valence-electron chi connectivity index (χ2n) is 3.95. The zero-order valence-electron chi connectivity index (χ0n) is 10.6. The quantitative estimate of drug-likeness (QED) is 0.773. The third-order valence-corrected chi connectivity index (χ3v) is 2.65. The Bertz CT molecular complexity index is 412. The summed E-state index contributed by atoms with van der Waals surface area (Å²) in [4.78, 5) is 0.186. The molecule has 0 spiro atoms. The number of nitrogens with two attached hydrogens (primary N) is 1. The normalized spacial score (nSPS) is 12.4. The van der Waals surface area contributed by atoms with Gasteiger partial charge >= 0.3 is 0 Å². The Morgan fingerprint density at radius 1 is 1.50 bits per heavy atom. The van der Waals surface area contributed by atoms with E-state index in [4.69, 9.17) is 27.4 Å². The van der Waals surface area contributed by atoms with Crippen molar-refractivity contribution in [3.63, 3.8) is 0 Å². The standard InChI is InChI=1S/C13H18FNO2S/c1-3-16-7-9(2)17-8-11-5-4-10(13(15)18)6-12(11)14/h4-6,9H,3,7-8H2,1-2H3,(H2,15,18). The number of rotatable bonds is 7. The Hall–Kier alpha value is -1.04. The molecule has 1 rings (SSSR count). The maximum Gasteiger partial charge on any atom is 0.129 e. The smallest absolute Gasteiger partial charge is 0.129 e. The molecule has 0 aromatic heterocycles. The number of halogens is 1. The van der Waals surface area contributed by atoms with Crippen LogP contribution in [0.3, 0.4) is 0 Å². The topological polar surface area (TPSA) is 44.5 Å². The van der Waals surface area contributed by atoms with Crippen LogP contribution in [0, 0.1) is 5.82 Å². The maximum atomic E-state index is 13.7. The molecule has 0 radical (unpaired) electrons. The van der Waals surface area contributed by atoms with Crippen LogP contribution in [0.4, 0.5) is 4.39 Å². The van der Waals surface area contributed by atoms with Crippen molar-refractivity contribution in [2.24, 2.45) is 5.73 Å². The van der Waals surface area contributed by atoms with Crippen LogP contribution in [-0.2, 0) is 16.1 Å². The fourth-order valence-corrected chi connectivity index (χ4v) is 1.51. The predicted molar refractivity (Wildman–Crippen MR) is 73.0 cm³/mol. The zero-order valence-corrected chi connectivity index (χ0v) is 11.4. The van der Waals surface area contributed by atoms with E-state index in [1.165, 1.54) is 6.07 Å². The van der Waals surface area contributed by atoms with E-state index >= 15 is 0 Å².